The largest absolute Gasteiger partial charge is 0.397 e. The van der Waals surface area contributed by atoms with Crippen LogP contribution in [0.3, 0.4) is 0 Å². The number of pyridine rings is 2. The minimum Gasteiger partial charge on any atom is -0.397 e. The molecule has 1 unspecified atom stereocenters. The third-order valence-electron chi connectivity index (χ3n) is 3.46. The lowest BCUT2D eigenvalue weighted by Gasteiger charge is -2.25. The second kappa shape index (κ2) is 4.17. The Labute approximate surface area is 101 Å². The minimum absolute atomic E-state index is 0.336. The molecule has 86 valence electrons. The molecule has 1 aliphatic rings. The minimum atomic E-state index is 0.336. The van der Waals surface area contributed by atoms with Gasteiger partial charge in [-0.2, -0.15) is 0 Å². The number of hydrogen-bond acceptors (Lipinski definition) is 3. The topological polar surface area (TPSA) is 51.8 Å². The third kappa shape index (κ3) is 1.78. The summed E-state index contributed by atoms with van der Waals surface area (Å²) < 4.78 is 0. The maximum absolute atomic E-state index is 6.02. The van der Waals surface area contributed by atoms with Gasteiger partial charge in [0.1, 0.15) is 0 Å². The Morgan fingerprint density at radius 1 is 1.24 bits per heavy atom. The predicted octanol–water partition coefficient (Wildman–Crippen LogP) is 2.53. The molecule has 17 heavy (non-hydrogen) atoms. The zero-order valence-electron chi connectivity index (χ0n) is 9.63. The fraction of sp³-hybridized carbons (Fsp3) is 0.286. The highest BCUT2D eigenvalue weighted by molar-refractivity contribution is 5.50. The van der Waals surface area contributed by atoms with E-state index in [0.717, 1.165) is 18.5 Å². The summed E-state index contributed by atoms with van der Waals surface area (Å²) in [6.45, 7) is 0. The van der Waals surface area contributed by atoms with E-state index in [4.69, 9.17) is 5.73 Å². The highest BCUT2D eigenvalue weighted by Crippen LogP contribution is 2.36. The normalized spacial score (nSPS) is 18.7. The third-order valence-corrected chi connectivity index (χ3v) is 3.46. The average Bonchev–Trinajstić information content (AvgIpc) is 2.39. The summed E-state index contributed by atoms with van der Waals surface area (Å²) in [5, 5.41) is 0. The van der Waals surface area contributed by atoms with Crippen LogP contribution in [0.15, 0.2) is 36.8 Å². The second-order valence-corrected chi connectivity index (χ2v) is 4.50. The van der Waals surface area contributed by atoms with Crippen LogP contribution in [0, 0.1) is 0 Å². The van der Waals surface area contributed by atoms with Gasteiger partial charge in [-0.15, -0.1) is 0 Å². The average molecular weight is 225 g/mol. The van der Waals surface area contributed by atoms with Gasteiger partial charge in [-0.3, -0.25) is 9.97 Å². The lowest BCUT2D eigenvalue weighted by molar-refractivity contribution is 0.599. The van der Waals surface area contributed by atoms with E-state index in [-0.39, 0.29) is 0 Å². The molecule has 0 amide bonds. The Balaban J connectivity index is 2.09. The van der Waals surface area contributed by atoms with Crippen LogP contribution in [0.2, 0.25) is 0 Å². The summed E-state index contributed by atoms with van der Waals surface area (Å²) in [4.78, 5) is 8.59. The summed E-state index contributed by atoms with van der Waals surface area (Å²) in [5.74, 6) is 0.336. The van der Waals surface area contributed by atoms with Gasteiger partial charge in [0.25, 0.3) is 0 Å². The van der Waals surface area contributed by atoms with Crippen LogP contribution in [0.5, 0.6) is 0 Å². The molecular formula is C14H15N3. The van der Waals surface area contributed by atoms with E-state index in [1.807, 2.05) is 24.5 Å². The molecule has 3 heteroatoms. The first-order chi connectivity index (χ1) is 8.36. The monoisotopic (exact) mass is 225 g/mol. The Kier molecular flexibility index (Phi) is 2.52. The highest BCUT2D eigenvalue weighted by atomic mass is 14.7. The summed E-state index contributed by atoms with van der Waals surface area (Å²) in [7, 11) is 0. The lowest BCUT2D eigenvalue weighted by Crippen LogP contribution is -2.14. The Bertz CT molecular complexity index is 536. The molecule has 0 aromatic carbocycles. The van der Waals surface area contributed by atoms with Crippen LogP contribution in [0.1, 0.15) is 35.6 Å². The molecule has 0 saturated heterocycles. The first-order valence-electron chi connectivity index (χ1n) is 5.99. The number of nitrogens with two attached hydrogens (primary N) is 1. The van der Waals surface area contributed by atoms with E-state index < -0.39 is 0 Å². The van der Waals surface area contributed by atoms with Gasteiger partial charge < -0.3 is 5.73 Å². The van der Waals surface area contributed by atoms with Crippen molar-refractivity contribution in [2.24, 2.45) is 0 Å². The molecule has 2 heterocycles. The van der Waals surface area contributed by atoms with Crippen LogP contribution < -0.4 is 5.73 Å². The zero-order chi connectivity index (χ0) is 11.7. The van der Waals surface area contributed by atoms with Crippen LogP contribution >= 0.6 is 0 Å². The fourth-order valence-corrected chi connectivity index (χ4v) is 2.65. The van der Waals surface area contributed by atoms with Crippen molar-refractivity contribution in [1.82, 2.24) is 9.97 Å². The standard InChI is InChI=1S/C14H15N3/c15-13-9-16-8-6-11(13)12-5-1-3-10-4-2-7-17-14(10)12/h2,4,6-9,12H,1,3,5,15H2. The summed E-state index contributed by atoms with van der Waals surface area (Å²) in [6, 6.07) is 6.20. The van der Waals surface area contributed by atoms with Crippen molar-refractivity contribution in [1.29, 1.82) is 0 Å². The molecule has 3 nitrogen and oxygen atoms in total. The molecule has 0 radical (unpaired) electrons. The Morgan fingerprint density at radius 2 is 2.18 bits per heavy atom. The van der Waals surface area contributed by atoms with Gasteiger partial charge in [0, 0.05) is 18.3 Å². The molecule has 0 aliphatic heterocycles. The van der Waals surface area contributed by atoms with E-state index >= 15 is 0 Å². The summed E-state index contributed by atoms with van der Waals surface area (Å²) in [5.41, 5.74) is 10.5. The molecule has 1 aliphatic carbocycles. The maximum Gasteiger partial charge on any atom is 0.0539 e. The molecule has 0 saturated carbocycles. The molecule has 0 bridgehead atoms. The molecule has 3 rings (SSSR count). The zero-order valence-corrected chi connectivity index (χ0v) is 9.63. The lowest BCUT2D eigenvalue weighted by atomic mass is 9.82. The number of anilines is 1. The molecule has 2 aromatic heterocycles. The smallest absolute Gasteiger partial charge is 0.0539 e. The van der Waals surface area contributed by atoms with Crippen molar-refractivity contribution in [3.05, 3.63) is 53.6 Å². The molecule has 1 atom stereocenters. The van der Waals surface area contributed by atoms with Gasteiger partial charge in [-0.1, -0.05) is 6.07 Å². The molecule has 2 aromatic rings. The Morgan fingerprint density at radius 3 is 3.06 bits per heavy atom. The van der Waals surface area contributed by atoms with Crippen molar-refractivity contribution < 1.29 is 0 Å². The number of hydrogen-bond donors (Lipinski definition) is 1. The predicted molar refractivity (Wildman–Crippen MR) is 67.7 cm³/mol. The Hall–Kier alpha value is -1.90. The second-order valence-electron chi connectivity index (χ2n) is 4.50. The van der Waals surface area contributed by atoms with Gasteiger partial charge in [0.15, 0.2) is 0 Å². The van der Waals surface area contributed by atoms with Crippen molar-refractivity contribution in [2.75, 3.05) is 5.73 Å². The van der Waals surface area contributed by atoms with Crippen molar-refractivity contribution >= 4 is 5.69 Å². The van der Waals surface area contributed by atoms with Crippen molar-refractivity contribution in [3.63, 3.8) is 0 Å². The number of aromatic nitrogens is 2. The van der Waals surface area contributed by atoms with E-state index in [1.54, 1.807) is 6.20 Å². The highest BCUT2D eigenvalue weighted by Gasteiger charge is 2.24. The van der Waals surface area contributed by atoms with Gasteiger partial charge in [-0.05, 0) is 42.5 Å². The van der Waals surface area contributed by atoms with Crippen molar-refractivity contribution in [3.8, 4) is 0 Å². The van der Waals surface area contributed by atoms with E-state index in [9.17, 15) is 0 Å². The number of nitrogens with zero attached hydrogens (tertiary/aromatic N) is 2. The first-order valence-corrected chi connectivity index (χ1v) is 5.99. The van der Waals surface area contributed by atoms with E-state index in [1.165, 1.54) is 23.2 Å². The number of nitrogen functional groups attached to an aromatic ring is 1. The fourth-order valence-electron chi connectivity index (χ4n) is 2.65. The number of rotatable bonds is 1. The van der Waals surface area contributed by atoms with Gasteiger partial charge >= 0.3 is 0 Å². The van der Waals surface area contributed by atoms with Crippen LogP contribution in [-0.2, 0) is 6.42 Å². The number of fused-ring (bicyclic) bond motifs is 1. The van der Waals surface area contributed by atoms with Crippen LogP contribution in [0.4, 0.5) is 5.69 Å². The van der Waals surface area contributed by atoms with Crippen LogP contribution in [-0.4, -0.2) is 9.97 Å². The molecular weight excluding hydrogens is 210 g/mol. The summed E-state index contributed by atoms with van der Waals surface area (Å²) >= 11 is 0. The molecule has 0 fully saturated rings. The van der Waals surface area contributed by atoms with Crippen molar-refractivity contribution in [2.45, 2.75) is 25.2 Å². The van der Waals surface area contributed by atoms with Crippen LogP contribution in [0.25, 0.3) is 0 Å². The van der Waals surface area contributed by atoms with E-state index in [0.29, 0.717) is 5.92 Å². The quantitative estimate of drug-likeness (QED) is 0.811. The molecule has 0 spiro atoms. The number of aryl methyl sites for hydroxylation is 1. The van der Waals surface area contributed by atoms with Gasteiger partial charge in [0.2, 0.25) is 0 Å². The van der Waals surface area contributed by atoms with Gasteiger partial charge in [-0.25, -0.2) is 0 Å². The molecule has 2 N–H and O–H groups in total. The SMILES string of the molecule is Nc1cnccc1C1CCCc2cccnc21. The van der Waals surface area contributed by atoms with Gasteiger partial charge in [0.05, 0.1) is 17.6 Å². The van der Waals surface area contributed by atoms with E-state index in [2.05, 4.69) is 16.0 Å². The summed E-state index contributed by atoms with van der Waals surface area (Å²) in [6.07, 6.45) is 8.86. The first kappa shape index (κ1) is 10.3. The maximum atomic E-state index is 6.02.